The number of carbonyl (C=O) groups is 1. The highest BCUT2D eigenvalue weighted by atomic mass is 35.5. The van der Waals surface area contributed by atoms with Gasteiger partial charge in [-0.1, -0.05) is 11.6 Å². The van der Waals surface area contributed by atoms with E-state index in [9.17, 15) is 4.79 Å². The average molecular weight is 234 g/mol. The third-order valence-electron chi connectivity index (χ3n) is 1.98. The van der Waals surface area contributed by atoms with Gasteiger partial charge in [-0.05, 0) is 18.2 Å². The second-order valence-corrected chi connectivity index (χ2v) is 3.43. The van der Waals surface area contributed by atoms with Crippen molar-refractivity contribution in [2.75, 3.05) is 18.0 Å². The van der Waals surface area contributed by atoms with E-state index in [-0.39, 0.29) is 13.1 Å². The first kappa shape index (κ1) is 12.0. The van der Waals surface area contributed by atoms with Crippen LogP contribution in [0.25, 0.3) is 0 Å². The zero-order chi connectivity index (χ0) is 12.0. The first-order chi connectivity index (χ1) is 7.72. The zero-order valence-electron chi connectivity index (χ0n) is 8.35. The molecule has 0 aliphatic rings. The normalized spacial score (nSPS) is 8.94. The van der Waals surface area contributed by atoms with Crippen molar-refractivity contribution in [2.45, 2.75) is 0 Å². The molecule has 0 aliphatic carbocycles. The first-order valence-corrected chi connectivity index (χ1v) is 4.84. The van der Waals surface area contributed by atoms with E-state index in [0.29, 0.717) is 22.6 Å². The Morgan fingerprint density at radius 2 is 1.94 bits per heavy atom. The molecule has 1 aromatic rings. The van der Waals surface area contributed by atoms with E-state index >= 15 is 0 Å². The van der Waals surface area contributed by atoms with E-state index < -0.39 is 0 Å². The molecule has 0 heterocycles. The van der Waals surface area contributed by atoms with Crippen LogP contribution in [0.5, 0.6) is 0 Å². The van der Waals surface area contributed by atoms with Gasteiger partial charge in [0, 0.05) is 10.6 Å². The minimum Gasteiger partial charge on any atom is -0.344 e. The van der Waals surface area contributed by atoms with Crippen molar-refractivity contribution < 1.29 is 4.79 Å². The number of carbonyl (C=O) groups excluding carboxylic acids is 1. The van der Waals surface area contributed by atoms with Crippen molar-refractivity contribution in [3.63, 3.8) is 0 Å². The Labute approximate surface area is 98.3 Å². The molecule has 1 rings (SSSR count). The number of rotatable bonds is 4. The molecular weight excluding hydrogens is 226 g/mol. The number of aldehydes is 1. The average Bonchev–Trinajstić information content (AvgIpc) is 2.29. The van der Waals surface area contributed by atoms with Crippen LogP contribution in [0.3, 0.4) is 0 Å². The maximum absolute atomic E-state index is 10.8. The number of nitrogens with zero attached hydrogens (tertiary/aromatic N) is 3. The fourth-order valence-electron chi connectivity index (χ4n) is 1.29. The lowest BCUT2D eigenvalue weighted by atomic mass is 10.1. The molecule has 0 unspecified atom stereocenters. The summed E-state index contributed by atoms with van der Waals surface area (Å²) < 4.78 is 0. The number of halogens is 1. The SMILES string of the molecule is N#CCN(CC#N)c1cc(Cl)ccc1C=O. The lowest BCUT2D eigenvalue weighted by Gasteiger charge is -2.19. The molecule has 0 spiro atoms. The molecule has 0 N–H and O–H groups in total. The molecule has 0 fully saturated rings. The van der Waals surface area contributed by atoms with Gasteiger partial charge in [0.2, 0.25) is 0 Å². The summed E-state index contributed by atoms with van der Waals surface area (Å²) in [7, 11) is 0. The fraction of sp³-hybridized carbons (Fsp3) is 0.182. The maximum atomic E-state index is 10.8. The van der Waals surface area contributed by atoms with Gasteiger partial charge in [0.15, 0.2) is 6.29 Å². The molecule has 4 nitrogen and oxygen atoms in total. The van der Waals surface area contributed by atoms with Gasteiger partial charge in [-0.2, -0.15) is 10.5 Å². The van der Waals surface area contributed by atoms with Crippen LogP contribution in [-0.4, -0.2) is 19.4 Å². The minimum atomic E-state index is 0.0365. The summed E-state index contributed by atoms with van der Waals surface area (Å²) in [5.74, 6) is 0. The molecule has 80 valence electrons. The van der Waals surface area contributed by atoms with Crippen LogP contribution in [0.1, 0.15) is 10.4 Å². The third kappa shape index (κ3) is 2.73. The van der Waals surface area contributed by atoms with Gasteiger partial charge in [0.05, 0.1) is 17.8 Å². The summed E-state index contributed by atoms with van der Waals surface area (Å²) in [6, 6.07) is 8.60. The summed E-state index contributed by atoms with van der Waals surface area (Å²) in [4.78, 5) is 12.3. The molecule has 16 heavy (non-hydrogen) atoms. The maximum Gasteiger partial charge on any atom is 0.152 e. The van der Waals surface area contributed by atoms with Crippen molar-refractivity contribution in [1.82, 2.24) is 0 Å². The number of hydrogen-bond acceptors (Lipinski definition) is 4. The number of nitriles is 2. The van der Waals surface area contributed by atoms with Crippen molar-refractivity contribution >= 4 is 23.6 Å². The van der Waals surface area contributed by atoms with Crippen LogP contribution in [0.15, 0.2) is 18.2 Å². The summed E-state index contributed by atoms with van der Waals surface area (Å²) in [6.07, 6.45) is 0.674. The largest absolute Gasteiger partial charge is 0.344 e. The predicted octanol–water partition coefficient (Wildman–Crippen LogP) is 2.01. The molecule has 0 radical (unpaired) electrons. The summed E-state index contributed by atoms with van der Waals surface area (Å²) >= 11 is 5.81. The van der Waals surface area contributed by atoms with Gasteiger partial charge in [0.1, 0.15) is 13.1 Å². The minimum absolute atomic E-state index is 0.0365. The summed E-state index contributed by atoms with van der Waals surface area (Å²) in [6.45, 7) is 0.0729. The van der Waals surface area contributed by atoms with E-state index in [0.717, 1.165) is 0 Å². The Balaban J connectivity index is 3.17. The Morgan fingerprint density at radius 1 is 1.31 bits per heavy atom. The van der Waals surface area contributed by atoms with Gasteiger partial charge in [-0.15, -0.1) is 0 Å². The van der Waals surface area contributed by atoms with Crippen LogP contribution >= 0.6 is 11.6 Å². The Morgan fingerprint density at radius 3 is 2.44 bits per heavy atom. The smallest absolute Gasteiger partial charge is 0.152 e. The lowest BCUT2D eigenvalue weighted by molar-refractivity contribution is 0.112. The van der Waals surface area contributed by atoms with Crippen molar-refractivity contribution in [2.24, 2.45) is 0 Å². The molecule has 0 amide bonds. The lowest BCUT2D eigenvalue weighted by Crippen LogP contribution is -2.24. The fourth-order valence-corrected chi connectivity index (χ4v) is 1.45. The van der Waals surface area contributed by atoms with E-state index in [2.05, 4.69) is 0 Å². The highest BCUT2D eigenvalue weighted by Crippen LogP contribution is 2.23. The van der Waals surface area contributed by atoms with E-state index in [1.165, 1.54) is 4.90 Å². The molecule has 0 saturated heterocycles. The summed E-state index contributed by atoms with van der Waals surface area (Å²) in [5.41, 5.74) is 0.917. The monoisotopic (exact) mass is 233 g/mol. The molecule has 5 heteroatoms. The molecule has 0 bridgehead atoms. The van der Waals surface area contributed by atoms with Crippen LogP contribution in [0.2, 0.25) is 5.02 Å². The van der Waals surface area contributed by atoms with Gasteiger partial charge in [-0.3, -0.25) is 4.79 Å². The zero-order valence-corrected chi connectivity index (χ0v) is 9.11. The number of benzene rings is 1. The standard InChI is InChI=1S/C11H8ClN3O/c12-10-2-1-9(8-16)11(7-10)15(5-3-13)6-4-14/h1-2,7-8H,5-6H2. The Bertz CT molecular complexity index is 457. The number of hydrogen-bond donors (Lipinski definition) is 0. The van der Waals surface area contributed by atoms with Crippen molar-refractivity contribution in [3.05, 3.63) is 28.8 Å². The van der Waals surface area contributed by atoms with Gasteiger partial charge < -0.3 is 4.90 Å². The Hall–Kier alpha value is -2.04. The predicted molar refractivity (Wildman–Crippen MR) is 60.3 cm³/mol. The van der Waals surface area contributed by atoms with Crippen molar-refractivity contribution in [3.8, 4) is 12.1 Å². The highest BCUT2D eigenvalue weighted by Gasteiger charge is 2.10. The van der Waals surface area contributed by atoms with Crippen LogP contribution in [0, 0.1) is 22.7 Å². The van der Waals surface area contributed by atoms with Gasteiger partial charge >= 0.3 is 0 Å². The quantitative estimate of drug-likeness (QED) is 0.589. The summed E-state index contributed by atoms with van der Waals surface area (Å²) in [5, 5.41) is 17.7. The first-order valence-electron chi connectivity index (χ1n) is 4.46. The molecule has 0 saturated carbocycles. The highest BCUT2D eigenvalue weighted by molar-refractivity contribution is 6.31. The van der Waals surface area contributed by atoms with Gasteiger partial charge in [0.25, 0.3) is 0 Å². The third-order valence-corrected chi connectivity index (χ3v) is 2.22. The molecule has 0 aliphatic heterocycles. The molecule has 0 atom stereocenters. The second kappa shape index (κ2) is 5.75. The second-order valence-electron chi connectivity index (χ2n) is 2.99. The molecular formula is C11H8ClN3O. The molecule has 1 aromatic carbocycles. The Kier molecular flexibility index (Phi) is 4.32. The van der Waals surface area contributed by atoms with E-state index in [1.54, 1.807) is 18.2 Å². The van der Waals surface area contributed by atoms with Crippen LogP contribution in [0.4, 0.5) is 5.69 Å². The number of anilines is 1. The topological polar surface area (TPSA) is 67.9 Å². The van der Waals surface area contributed by atoms with E-state index in [1.807, 2.05) is 12.1 Å². The van der Waals surface area contributed by atoms with Crippen LogP contribution in [-0.2, 0) is 0 Å². The van der Waals surface area contributed by atoms with Gasteiger partial charge in [-0.25, -0.2) is 0 Å². The van der Waals surface area contributed by atoms with Crippen molar-refractivity contribution in [1.29, 1.82) is 10.5 Å². The van der Waals surface area contributed by atoms with Crippen LogP contribution < -0.4 is 4.90 Å². The molecule has 0 aromatic heterocycles. The van der Waals surface area contributed by atoms with E-state index in [4.69, 9.17) is 22.1 Å².